The molecule has 1 unspecified atom stereocenters. The zero-order chi connectivity index (χ0) is 16.1. The van der Waals surface area contributed by atoms with Gasteiger partial charge in [-0.3, -0.25) is 9.69 Å². The number of rotatable bonds is 6. The molecule has 1 aliphatic heterocycles. The van der Waals surface area contributed by atoms with Crippen LogP contribution in [-0.4, -0.2) is 41.6 Å². The molecule has 3 rings (SSSR count). The first-order valence-corrected chi connectivity index (χ1v) is 8.24. The van der Waals surface area contributed by atoms with Crippen molar-refractivity contribution in [3.63, 3.8) is 0 Å². The minimum atomic E-state index is -0.0102. The standard InChI is InChI=1S/C18H23N3O2/c1-14(21-9-5-6-10-21)13-19-18(22)12-16-11-17(23-20-16)15-7-3-2-4-8-15/h2-4,7-8,11,14H,5-6,9-10,12-13H2,1H3,(H,19,22). The minimum absolute atomic E-state index is 0.0102. The lowest BCUT2D eigenvalue weighted by Crippen LogP contribution is -2.41. The van der Waals surface area contributed by atoms with E-state index in [4.69, 9.17) is 4.52 Å². The second-order valence-corrected chi connectivity index (χ2v) is 6.12. The van der Waals surface area contributed by atoms with E-state index in [0.29, 0.717) is 24.0 Å². The highest BCUT2D eigenvalue weighted by molar-refractivity contribution is 5.78. The summed E-state index contributed by atoms with van der Waals surface area (Å²) in [5, 5.41) is 6.99. The first-order valence-electron chi connectivity index (χ1n) is 8.24. The van der Waals surface area contributed by atoms with Gasteiger partial charge in [0.15, 0.2) is 5.76 Å². The highest BCUT2D eigenvalue weighted by atomic mass is 16.5. The number of carbonyl (C=O) groups excluding carboxylic acids is 1. The average molecular weight is 313 g/mol. The van der Waals surface area contributed by atoms with Crippen LogP contribution in [0.5, 0.6) is 0 Å². The van der Waals surface area contributed by atoms with E-state index in [9.17, 15) is 4.79 Å². The number of carbonyl (C=O) groups is 1. The fourth-order valence-electron chi connectivity index (χ4n) is 2.93. The fraction of sp³-hybridized carbons (Fsp3) is 0.444. The van der Waals surface area contributed by atoms with E-state index in [1.54, 1.807) is 0 Å². The topological polar surface area (TPSA) is 58.4 Å². The Bertz CT molecular complexity index is 633. The summed E-state index contributed by atoms with van der Waals surface area (Å²) in [4.78, 5) is 14.5. The lowest BCUT2D eigenvalue weighted by molar-refractivity contribution is -0.120. The van der Waals surface area contributed by atoms with Crippen molar-refractivity contribution >= 4 is 5.91 Å². The molecule has 0 radical (unpaired) electrons. The molecule has 122 valence electrons. The maximum Gasteiger partial charge on any atom is 0.226 e. The number of nitrogens with one attached hydrogen (secondary N) is 1. The molecule has 0 saturated carbocycles. The highest BCUT2D eigenvalue weighted by Gasteiger charge is 2.18. The van der Waals surface area contributed by atoms with Crippen LogP contribution in [0.3, 0.4) is 0 Å². The third-order valence-corrected chi connectivity index (χ3v) is 4.32. The number of nitrogens with zero attached hydrogens (tertiary/aromatic N) is 2. The van der Waals surface area contributed by atoms with E-state index in [-0.39, 0.29) is 12.3 Å². The van der Waals surface area contributed by atoms with Gasteiger partial charge >= 0.3 is 0 Å². The van der Waals surface area contributed by atoms with E-state index < -0.39 is 0 Å². The van der Waals surface area contributed by atoms with Crippen LogP contribution in [0, 0.1) is 0 Å². The van der Waals surface area contributed by atoms with Crippen molar-refractivity contribution in [2.24, 2.45) is 0 Å². The van der Waals surface area contributed by atoms with Crippen LogP contribution in [0.2, 0.25) is 0 Å². The highest BCUT2D eigenvalue weighted by Crippen LogP contribution is 2.19. The lowest BCUT2D eigenvalue weighted by atomic mass is 10.1. The Kier molecular flexibility index (Phi) is 5.08. The molecule has 2 aromatic rings. The SMILES string of the molecule is CC(CNC(=O)Cc1cc(-c2ccccc2)on1)N1CCCC1. The fourth-order valence-corrected chi connectivity index (χ4v) is 2.93. The van der Waals surface area contributed by atoms with E-state index in [2.05, 4.69) is 22.3 Å². The molecule has 0 spiro atoms. The van der Waals surface area contributed by atoms with Crippen molar-refractivity contribution in [3.05, 3.63) is 42.1 Å². The molecule has 23 heavy (non-hydrogen) atoms. The van der Waals surface area contributed by atoms with Crippen LogP contribution < -0.4 is 5.32 Å². The van der Waals surface area contributed by atoms with Gasteiger partial charge in [0.1, 0.15) is 0 Å². The molecule has 0 aliphatic carbocycles. The summed E-state index contributed by atoms with van der Waals surface area (Å²) in [7, 11) is 0. The molecule has 1 N–H and O–H groups in total. The largest absolute Gasteiger partial charge is 0.356 e. The van der Waals surface area contributed by atoms with Gasteiger partial charge in [-0.2, -0.15) is 0 Å². The zero-order valence-electron chi connectivity index (χ0n) is 13.5. The Morgan fingerprint density at radius 2 is 2.04 bits per heavy atom. The maximum absolute atomic E-state index is 12.1. The molecule has 0 bridgehead atoms. The van der Waals surface area contributed by atoms with Crippen molar-refractivity contribution in [2.45, 2.75) is 32.2 Å². The Balaban J connectivity index is 1.49. The van der Waals surface area contributed by atoms with Crippen LogP contribution in [0.15, 0.2) is 40.9 Å². The van der Waals surface area contributed by atoms with Crippen LogP contribution in [0.4, 0.5) is 0 Å². The number of hydrogen-bond acceptors (Lipinski definition) is 4. The normalized spacial score (nSPS) is 16.4. The van der Waals surface area contributed by atoms with Gasteiger partial charge in [0, 0.05) is 24.2 Å². The number of hydrogen-bond donors (Lipinski definition) is 1. The summed E-state index contributed by atoms with van der Waals surface area (Å²) >= 11 is 0. The van der Waals surface area contributed by atoms with Crippen LogP contribution in [0.1, 0.15) is 25.5 Å². The summed E-state index contributed by atoms with van der Waals surface area (Å²) < 4.78 is 5.32. The first kappa shape index (κ1) is 15.7. The molecule has 1 saturated heterocycles. The molecule has 1 atom stereocenters. The van der Waals surface area contributed by atoms with Gasteiger partial charge in [-0.05, 0) is 32.9 Å². The predicted molar refractivity (Wildman–Crippen MR) is 88.9 cm³/mol. The molecule has 1 aromatic heterocycles. The average Bonchev–Trinajstić information content (AvgIpc) is 3.25. The van der Waals surface area contributed by atoms with Crippen molar-refractivity contribution in [1.29, 1.82) is 0 Å². The van der Waals surface area contributed by atoms with E-state index in [0.717, 1.165) is 18.7 Å². The van der Waals surface area contributed by atoms with Gasteiger partial charge in [-0.1, -0.05) is 35.5 Å². The summed E-state index contributed by atoms with van der Waals surface area (Å²) in [5.74, 6) is 0.683. The minimum Gasteiger partial charge on any atom is -0.356 e. The number of amides is 1. The zero-order valence-corrected chi connectivity index (χ0v) is 13.5. The van der Waals surface area contributed by atoms with E-state index >= 15 is 0 Å². The Morgan fingerprint density at radius 1 is 1.30 bits per heavy atom. The number of benzene rings is 1. The second kappa shape index (κ2) is 7.42. The van der Waals surface area contributed by atoms with Crippen LogP contribution >= 0.6 is 0 Å². The summed E-state index contributed by atoms with van der Waals surface area (Å²) in [6, 6.07) is 12.0. The molecule has 5 nitrogen and oxygen atoms in total. The second-order valence-electron chi connectivity index (χ2n) is 6.12. The number of likely N-dealkylation sites (tertiary alicyclic amines) is 1. The van der Waals surface area contributed by atoms with Gasteiger partial charge in [0.05, 0.1) is 12.1 Å². The van der Waals surface area contributed by atoms with Crippen LogP contribution in [0.25, 0.3) is 11.3 Å². The van der Waals surface area contributed by atoms with Gasteiger partial charge in [-0.25, -0.2) is 0 Å². The van der Waals surface area contributed by atoms with Gasteiger partial charge < -0.3 is 9.84 Å². The lowest BCUT2D eigenvalue weighted by Gasteiger charge is -2.23. The molecule has 5 heteroatoms. The molecular formula is C18H23N3O2. The smallest absolute Gasteiger partial charge is 0.226 e. The third kappa shape index (κ3) is 4.20. The van der Waals surface area contributed by atoms with Gasteiger partial charge in [-0.15, -0.1) is 0 Å². The number of aromatic nitrogens is 1. The molecule has 1 aromatic carbocycles. The summed E-state index contributed by atoms with van der Waals surface area (Å²) in [6.07, 6.45) is 2.78. The van der Waals surface area contributed by atoms with Gasteiger partial charge in [0.25, 0.3) is 0 Å². The first-order chi connectivity index (χ1) is 11.2. The summed E-state index contributed by atoms with van der Waals surface area (Å²) in [5.41, 5.74) is 1.63. The Labute approximate surface area is 136 Å². The quantitative estimate of drug-likeness (QED) is 0.890. The van der Waals surface area contributed by atoms with Crippen molar-refractivity contribution in [1.82, 2.24) is 15.4 Å². The van der Waals surface area contributed by atoms with E-state index in [1.807, 2.05) is 36.4 Å². The third-order valence-electron chi connectivity index (χ3n) is 4.32. The van der Waals surface area contributed by atoms with Gasteiger partial charge in [0.2, 0.25) is 5.91 Å². The molecule has 1 aliphatic rings. The summed E-state index contributed by atoms with van der Waals surface area (Å²) in [6.45, 7) is 5.12. The molecule has 1 fully saturated rings. The molecule has 2 heterocycles. The van der Waals surface area contributed by atoms with E-state index in [1.165, 1.54) is 12.8 Å². The molecule has 1 amide bonds. The van der Waals surface area contributed by atoms with Crippen LogP contribution in [-0.2, 0) is 11.2 Å². The predicted octanol–water partition coefficient (Wildman–Crippen LogP) is 2.48. The van der Waals surface area contributed by atoms with Crippen molar-refractivity contribution in [3.8, 4) is 11.3 Å². The van der Waals surface area contributed by atoms with Crippen molar-refractivity contribution in [2.75, 3.05) is 19.6 Å². The van der Waals surface area contributed by atoms with Crippen molar-refractivity contribution < 1.29 is 9.32 Å². The Morgan fingerprint density at radius 3 is 2.78 bits per heavy atom. The Hall–Kier alpha value is -2.14. The molecular weight excluding hydrogens is 290 g/mol. The monoisotopic (exact) mass is 313 g/mol. The maximum atomic E-state index is 12.1.